The van der Waals surface area contributed by atoms with E-state index in [1.54, 1.807) is 19.1 Å². The molecule has 2 amide bonds. The lowest BCUT2D eigenvalue weighted by Gasteiger charge is -2.23. The molecular formula is C17H14F2N2O2. The highest BCUT2D eigenvalue weighted by Gasteiger charge is 2.33. The lowest BCUT2D eigenvalue weighted by molar-refractivity contribution is -0.120. The first kappa shape index (κ1) is 15.1. The van der Waals surface area contributed by atoms with Crippen molar-refractivity contribution < 1.29 is 18.4 Å². The molecule has 23 heavy (non-hydrogen) atoms. The molecule has 118 valence electrons. The highest BCUT2D eigenvalue weighted by atomic mass is 19.2. The standard InChI is InChI=1S/C17H14F2N2O2/c1-10(16(22)20-12-6-7-14(18)15(19)8-12)21-9-11-4-2-3-5-13(11)17(21)23/h2-8,10H,9H2,1H3,(H,20,22)/t10-/m1/s1. The van der Waals surface area contributed by atoms with Gasteiger partial charge in [-0.15, -0.1) is 0 Å². The molecule has 1 aliphatic rings. The van der Waals surface area contributed by atoms with Crippen LogP contribution in [-0.2, 0) is 11.3 Å². The number of anilines is 1. The van der Waals surface area contributed by atoms with Crippen LogP contribution in [0.15, 0.2) is 42.5 Å². The van der Waals surface area contributed by atoms with E-state index in [1.165, 1.54) is 11.0 Å². The SMILES string of the molecule is C[C@H](C(=O)Nc1ccc(F)c(F)c1)N1Cc2ccccc2C1=O. The molecule has 0 bridgehead atoms. The first-order valence-corrected chi connectivity index (χ1v) is 7.12. The summed E-state index contributed by atoms with van der Waals surface area (Å²) in [4.78, 5) is 26.0. The maximum atomic E-state index is 13.2. The van der Waals surface area contributed by atoms with Crippen LogP contribution in [0.3, 0.4) is 0 Å². The fraction of sp³-hybridized carbons (Fsp3) is 0.176. The third-order valence-electron chi connectivity index (χ3n) is 3.88. The van der Waals surface area contributed by atoms with Crippen LogP contribution in [0, 0.1) is 11.6 Å². The molecule has 0 aliphatic carbocycles. The van der Waals surface area contributed by atoms with Gasteiger partial charge in [-0.2, -0.15) is 0 Å². The number of carbonyl (C=O) groups excluding carboxylic acids is 2. The van der Waals surface area contributed by atoms with Gasteiger partial charge in [0.05, 0.1) is 0 Å². The summed E-state index contributed by atoms with van der Waals surface area (Å²) in [5.41, 5.74) is 1.59. The molecule has 1 heterocycles. The van der Waals surface area contributed by atoms with Gasteiger partial charge in [0, 0.05) is 23.9 Å². The summed E-state index contributed by atoms with van der Waals surface area (Å²) in [6.45, 7) is 1.94. The van der Waals surface area contributed by atoms with E-state index in [0.29, 0.717) is 12.1 Å². The Balaban J connectivity index is 1.73. The Morgan fingerprint density at radius 2 is 1.91 bits per heavy atom. The normalized spacial score (nSPS) is 14.6. The van der Waals surface area contributed by atoms with Crippen LogP contribution in [0.1, 0.15) is 22.8 Å². The number of hydrogen-bond acceptors (Lipinski definition) is 2. The zero-order chi connectivity index (χ0) is 16.6. The number of benzene rings is 2. The van der Waals surface area contributed by atoms with Gasteiger partial charge < -0.3 is 10.2 Å². The van der Waals surface area contributed by atoms with Crippen molar-refractivity contribution >= 4 is 17.5 Å². The molecule has 0 aromatic heterocycles. The summed E-state index contributed by atoms with van der Waals surface area (Å²) >= 11 is 0. The minimum atomic E-state index is -1.04. The lowest BCUT2D eigenvalue weighted by atomic mass is 10.1. The minimum absolute atomic E-state index is 0.143. The number of halogens is 2. The van der Waals surface area contributed by atoms with E-state index in [1.807, 2.05) is 12.1 Å². The first-order chi connectivity index (χ1) is 11.0. The van der Waals surface area contributed by atoms with Crippen LogP contribution < -0.4 is 5.32 Å². The Bertz CT molecular complexity index is 792. The van der Waals surface area contributed by atoms with Crippen LogP contribution in [-0.4, -0.2) is 22.8 Å². The van der Waals surface area contributed by atoms with E-state index in [4.69, 9.17) is 0 Å². The molecule has 1 aliphatic heterocycles. The largest absolute Gasteiger partial charge is 0.324 e. The van der Waals surface area contributed by atoms with Crippen molar-refractivity contribution in [1.82, 2.24) is 4.90 Å². The number of nitrogens with zero attached hydrogens (tertiary/aromatic N) is 1. The van der Waals surface area contributed by atoms with Gasteiger partial charge in [0.15, 0.2) is 11.6 Å². The van der Waals surface area contributed by atoms with Gasteiger partial charge >= 0.3 is 0 Å². The lowest BCUT2D eigenvalue weighted by Crippen LogP contribution is -2.42. The van der Waals surface area contributed by atoms with Crippen LogP contribution in [0.4, 0.5) is 14.5 Å². The summed E-state index contributed by atoms with van der Waals surface area (Å²) in [6, 6.07) is 9.54. The maximum absolute atomic E-state index is 13.2. The van der Waals surface area contributed by atoms with Gasteiger partial charge in [0.25, 0.3) is 5.91 Å². The molecule has 2 aromatic rings. The summed E-state index contributed by atoms with van der Waals surface area (Å²) in [6.07, 6.45) is 0. The zero-order valence-electron chi connectivity index (χ0n) is 12.3. The third-order valence-corrected chi connectivity index (χ3v) is 3.88. The molecule has 0 saturated carbocycles. The predicted octanol–water partition coefficient (Wildman–Crippen LogP) is 2.95. The quantitative estimate of drug-likeness (QED) is 0.946. The number of nitrogens with one attached hydrogen (secondary N) is 1. The van der Waals surface area contributed by atoms with E-state index in [-0.39, 0.29) is 11.6 Å². The van der Waals surface area contributed by atoms with E-state index in [2.05, 4.69) is 5.32 Å². The molecule has 3 rings (SSSR count). The number of fused-ring (bicyclic) bond motifs is 1. The molecule has 0 spiro atoms. The Kier molecular flexibility index (Phi) is 3.82. The molecule has 0 saturated heterocycles. The Hall–Kier alpha value is -2.76. The van der Waals surface area contributed by atoms with Crippen molar-refractivity contribution in [1.29, 1.82) is 0 Å². The number of carbonyl (C=O) groups is 2. The molecule has 1 N–H and O–H groups in total. The van der Waals surface area contributed by atoms with Crippen LogP contribution >= 0.6 is 0 Å². The third kappa shape index (κ3) is 2.79. The van der Waals surface area contributed by atoms with Gasteiger partial charge in [0.1, 0.15) is 6.04 Å². The second-order valence-electron chi connectivity index (χ2n) is 5.38. The van der Waals surface area contributed by atoms with Crippen molar-refractivity contribution in [2.75, 3.05) is 5.32 Å². The highest BCUT2D eigenvalue weighted by molar-refractivity contribution is 6.03. The molecule has 0 fully saturated rings. The average molecular weight is 316 g/mol. The summed E-state index contributed by atoms with van der Waals surface area (Å²) < 4.78 is 26.1. The maximum Gasteiger partial charge on any atom is 0.255 e. The fourth-order valence-corrected chi connectivity index (χ4v) is 2.55. The van der Waals surface area contributed by atoms with Crippen molar-refractivity contribution in [3.8, 4) is 0 Å². The Morgan fingerprint density at radius 3 is 2.61 bits per heavy atom. The Labute approximate surface area is 131 Å². The summed E-state index contributed by atoms with van der Waals surface area (Å²) in [7, 11) is 0. The Morgan fingerprint density at radius 1 is 1.17 bits per heavy atom. The average Bonchev–Trinajstić information content (AvgIpc) is 2.87. The zero-order valence-corrected chi connectivity index (χ0v) is 12.3. The number of hydrogen-bond donors (Lipinski definition) is 1. The molecular weight excluding hydrogens is 302 g/mol. The number of rotatable bonds is 3. The molecule has 6 heteroatoms. The van der Waals surface area contributed by atoms with E-state index >= 15 is 0 Å². The molecule has 0 unspecified atom stereocenters. The van der Waals surface area contributed by atoms with Gasteiger partial charge in [-0.05, 0) is 30.7 Å². The smallest absolute Gasteiger partial charge is 0.255 e. The molecule has 0 radical (unpaired) electrons. The van der Waals surface area contributed by atoms with Crippen molar-refractivity contribution in [2.24, 2.45) is 0 Å². The second-order valence-corrected chi connectivity index (χ2v) is 5.38. The summed E-state index contributed by atoms with van der Waals surface area (Å²) in [5.74, 6) is -2.70. The van der Waals surface area contributed by atoms with Crippen molar-refractivity contribution in [3.63, 3.8) is 0 Å². The monoisotopic (exact) mass is 316 g/mol. The van der Waals surface area contributed by atoms with Crippen LogP contribution in [0.2, 0.25) is 0 Å². The highest BCUT2D eigenvalue weighted by Crippen LogP contribution is 2.24. The fourth-order valence-electron chi connectivity index (χ4n) is 2.55. The van der Waals surface area contributed by atoms with Gasteiger partial charge in [-0.1, -0.05) is 18.2 Å². The second kappa shape index (κ2) is 5.79. The minimum Gasteiger partial charge on any atom is -0.324 e. The first-order valence-electron chi connectivity index (χ1n) is 7.12. The number of amides is 2. The predicted molar refractivity (Wildman–Crippen MR) is 80.8 cm³/mol. The summed E-state index contributed by atoms with van der Waals surface area (Å²) in [5, 5.41) is 2.49. The van der Waals surface area contributed by atoms with Crippen molar-refractivity contribution in [2.45, 2.75) is 19.5 Å². The van der Waals surface area contributed by atoms with E-state index in [9.17, 15) is 18.4 Å². The van der Waals surface area contributed by atoms with Gasteiger partial charge in [-0.25, -0.2) is 8.78 Å². The van der Waals surface area contributed by atoms with Crippen LogP contribution in [0.5, 0.6) is 0 Å². The molecule has 1 atom stereocenters. The van der Waals surface area contributed by atoms with Crippen molar-refractivity contribution in [3.05, 3.63) is 65.2 Å². The van der Waals surface area contributed by atoms with Gasteiger partial charge in [0.2, 0.25) is 5.91 Å². The van der Waals surface area contributed by atoms with Gasteiger partial charge in [-0.3, -0.25) is 9.59 Å². The molecule has 2 aromatic carbocycles. The van der Waals surface area contributed by atoms with Crippen LogP contribution in [0.25, 0.3) is 0 Å². The van der Waals surface area contributed by atoms with E-state index in [0.717, 1.165) is 17.7 Å². The topological polar surface area (TPSA) is 49.4 Å². The molecule has 4 nitrogen and oxygen atoms in total. The van der Waals surface area contributed by atoms with E-state index < -0.39 is 23.6 Å².